The molecule has 0 N–H and O–H groups in total. The van der Waals surface area contributed by atoms with Crippen molar-refractivity contribution in [3.05, 3.63) is 45.6 Å². The molecule has 2 aromatic heterocycles. The van der Waals surface area contributed by atoms with Gasteiger partial charge >= 0.3 is 0 Å². The molecule has 0 aliphatic carbocycles. The summed E-state index contributed by atoms with van der Waals surface area (Å²) in [5.41, 5.74) is 3.18. The van der Waals surface area contributed by atoms with Crippen molar-refractivity contribution in [1.82, 2.24) is 19.2 Å². The second kappa shape index (κ2) is 6.83. The van der Waals surface area contributed by atoms with Crippen LogP contribution in [0.1, 0.15) is 23.4 Å². The van der Waals surface area contributed by atoms with Crippen molar-refractivity contribution in [1.29, 1.82) is 0 Å². The van der Waals surface area contributed by atoms with E-state index < -0.39 is 0 Å². The number of hydrogen-bond donors (Lipinski definition) is 0. The van der Waals surface area contributed by atoms with Gasteiger partial charge in [0.25, 0.3) is 5.56 Å². The van der Waals surface area contributed by atoms with Crippen LogP contribution in [-0.4, -0.2) is 44.3 Å². The van der Waals surface area contributed by atoms with Crippen LogP contribution in [0.25, 0.3) is 0 Å². The van der Waals surface area contributed by atoms with Crippen LogP contribution in [-0.2, 0) is 29.9 Å². The maximum absolute atomic E-state index is 12.6. The van der Waals surface area contributed by atoms with Gasteiger partial charge in [0.2, 0.25) is 5.91 Å². The zero-order valence-corrected chi connectivity index (χ0v) is 15.8. The number of carbonyl (C=O) groups is 1. The molecule has 1 atom stereocenters. The van der Waals surface area contributed by atoms with Crippen molar-refractivity contribution in [2.45, 2.75) is 37.5 Å². The van der Waals surface area contributed by atoms with Crippen LogP contribution in [0, 0.1) is 6.92 Å². The van der Waals surface area contributed by atoms with Gasteiger partial charge in [0.05, 0.1) is 18.4 Å². The fourth-order valence-electron chi connectivity index (χ4n) is 3.41. The molecule has 0 bridgehead atoms. The summed E-state index contributed by atoms with van der Waals surface area (Å²) in [5.74, 6) is 2.56. The summed E-state index contributed by atoms with van der Waals surface area (Å²) < 4.78 is 9.36. The van der Waals surface area contributed by atoms with E-state index in [-0.39, 0.29) is 24.1 Å². The highest BCUT2D eigenvalue weighted by Gasteiger charge is 2.29. The Morgan fingerprint density at radius 3 is 3.04 bits per heavy atom. The van der Waals surface area contributed by atoms with Crippen LogP contribution in [0.5, 0.6) is 5.75 Å². The molecule has 0 aromatic carbocycles. The maximum Gasteiger partial charge on any atom is 0.254 e. The van der Waals surface area contributed by atoms with E-state index in [0.717, 1.165) is 23.6 Å². The highest BCUT2D eigenvalue weighted by atomic mass is 32.2. The first-order valence-corrected chi connectivity index (χ1v) is 9.90. The lowest BCUT2D eigenvalue weighted by Gasteiger charge is -2.18. The Hall–Kier alpha value is -2.22. The zero-order chi connectivity index (χ0) is 18.3. The minimum atomic E-state index is -0.0867. The van der Waals surface area contributed by atoms with Crippen molar-refractivity contribution < 1.29 is 9.53 Å². The first-order valence-electron chi connectivity index (χ1n) is 8.74. The highest BCUT2D eigenvalue weighted by Crippen LogP contribution is 2.29. The molecular weight excluding hydrogens is 352 g/mol. The van der Waals surface area contributed by atoms with Crippen LogP contribution >= 0.6 is 11.8 Å². The molecule has 8 heteroatoms. The number of pyridine rings is 1. The van der Waals surface area contributed by atoms with Crippen LogP contribution in [0.15, 0.2) is 23.1 Å². The number of carbonyl (C=O) groups excluding carboxylic acids is 1. The van der Waals surface area contributed by atoms with E-state index in [2.05, 4.69) is 5.10 Å². The van der Waals surface area contributed by atoms with Crippen LogP contribution < -0.4 is 10.3 Å². The lowest BCUT2D eigenvalue weighted by molar-refractivity contribution is -0.131. The smallest absolute Gasteiger partial charge is 0.254 e. The van der Waals surface area contributed by atoms with Crippen molar-refractivity contribution in [2.75, 3.05) is 13.1 Å². The van der Waals surface area contributed by atoms with Gasteiger partial charge in [-0.05, 0) is 13.0 Å². The van der Waals surface area contributed by atoms with Gasteiger partial charge in [0.1, 0.15) is 18.4 Å². The second-order valence-corrected chi connectivity index (χ2v) is 7.85. The average Bonchev–Trinajstić information content (AvgIpc) is 3.31. The van der Waals surface area contributed by atoms with E-state index in [1.54, 1.807) is 11.6 Å². The number of likely N-dealkylation sites (tertiary alicyclic amines) is 1. The Balaban J connectivity index is 1.37. The maximum atomic E-state index is 12.6. The number of fused-ring (bicyclic) bond motifs is 1. The third-order valence-corrected chi connectivity index (χ3v) is 6.09. The van der Waals surface area contributed by atoms with Gasteiger partial charge < -0.3 is 14.2 Å². The highest BCUT2D eigenvalue weighted by molar-refractivity contribution is 7.98. The number of amides is 1. The van der Waals surface area contributed by atoms with Crippen molar-refractivity contribution in [2.24, 2.45) is 7.05 Å². The van der Waals surface area contributed by atoms with Crippen LogP contribution in [0.4, 0.5) is 0 Å². The molecule has 0 radical (unpaired) electrons. The van der Waals surface area contributed by atoms with Gasteiger partial charge in [-0.25, -0.2) is 0 Å². The monoisotopic (exact) mass is 374 g/mol. The molecule has 1 saturated heterocycles. The number of rotatable bonds is 4. The summed E-state index contributed by atoms with van der Waals surface area (Å²) in [7, 11) is 1.74. The molecule has 0 saturated carbocycles. The Bertz CT molecular complexity index is 904. The number of aryl methyl sites for hydroxylation is 1. The SMILES string of the molecule is Cc1cc(OC2CCN(C(=O)Cn3ncc4c3CSC4)C2)cc(=O)n1C. The largest absolute Gasteiger partial charge is 0.488 e. The molecule has 4 heterocycles. The lowest BCUT2D eigenvalue weighted by atomic mass is 10.3. The van der Waals surface area contributed by atoms with E-state index in [9.17, 15) is 9.59 Å². The van der Waals surface area contributed by atoms with Gasteiger partial charge in [-0.3, -0.25) is 14.3 Å². The molecule has 0 spiro atoms. The first kappa shape index (κ1) is 17.2. The summed E-state index contributed by atoms with van der Waals surface area (Å²) in [6, 6.07) is 3.36. The fourth-order valence-corrected chi connectivity index (χ4v) is 4.50. The van der Waals surface area contributed by atoms with Crippen molar-refractivity contribution in [3.8, 4) is 5.75 Å². The van der Waals surface area contributed by atoms with E-state index in [1.807, 2.05) is 40.5 Å². The summed E-state index contributed by atoms with van der Waals surface area (Å²) >= 11 is 1.85. The normalized spacial score (nSPS) is 19.0. The number of nitrogens with zero attached hydrogens (tertiary/aromatic N) is 4. The van der Waals surface area contributed by atoms with E-state index in [4.69, 9.17) is 4.74 Å². The molecule has 2 aliphatic heterocycles. The molecule has 1 unspecified atom stereocenters. The topological polar surface area (TPSA) is 69.4 Å². The third-order valence-electron chi connectivity index (χ3n) is 5.09. The summed E-state index contributed by atoms with van der Waals surface area (Å²) in [5, 5.41) is 4.35. The molecule has 26 heavy (non-hydrogen) atoms. The number of aromatic nitrogens is 3. The van der Waals surface area contributed by atoms with E-state index in [0.29, 0.717) is 18.8 Å². The number of thioether (sulfide) groups is 1. The second-order valence-electron chi connectivity index (χ2n) is 6.86. The molecule has 2 aromatic rings. The van der Waals surface area contributed by atoms with Gasteiger partial charge in [-0.15, -0.1) is 0 Å². The summed E-state index contributed by atoms with van der Waals surface area (Å²) in [6.45, 7) is 3.38. The standard InChI is InChI=1S/C18H22N4O3S/c1-12-5-15(6-17(23)20(12)2)25-14-3-4-21(8-14)18(24)9-22-16-11-26-10-13(16)7-19-22/h5-7,14H,3-4,8-11H2,1-2H3. The van der Waals surface area contributed by atoms with Crippen LogP contribution in [0.3, 0.4) is 0 Å². The quantitative estimate of drug-likeness (QED) is 0.807. The van der Waals surface area contributed by atoms with Gasteiger partial charge in [-0.2, -0.15) is 16.9 Å². The average molecular weight is 374 g/mol. The first-order chi connectivity index (χ1) is 12.5. The summed E-state index contributed by atoms with van der Waals surface area (Å²) in [6.07, 6.45) is 2.56. The van der Waals surface area contributed by atoms with E-state index in [1.165, 1.54) is 17.3 Å². The predicted octanol–water partition coefficient (Wildman–Crippen LogP) is 1.32. The molecule has 138 valence electrons. The zero-order valence-electron chi connectivity index (χ0n) is 15.0. The van der Waals surface area contributed by atoms with Crippen LogP contribution in [0.2, 0.25) is 0 Å². The van der Waals surface area contributed by atoms with Gasteiger partial charge in [-0.1, -0.05) is 0 Å². The van der Waals surface area contributed by atoms with Gasteiger partial charge in [0, 0.05) is 48.8 Å². The molecule has 7 nitrogen and oxygen atoms in total. The molecule has 2 aliphatic rings. The molecule has 1 fully saturated rings. The number of ether oxygens (including phenoxy) is 1. The Morgan fingerprint density at radius 1 is 1.38 bits per heavy atom. The fraction of sp³-hybridized carbons (Fsp3) is 0.500. The lowest BCUT2D eigenvalue weighted by Crippen LogP contribution is -2.34. The Labute approximate surface area is 155 Å². The molecule has 1 amide bonds. The van der Waals surface area contributed by atoms with Gasteiger partial charge in [0.15, 0.2) is 0 Å². The number of hydrogen-bond acceptors (Lipinski definition) is 5. The molecule has 4 rings (SSSR count). The third kappa shape index (κ3) is 3.25. The van der Waals surface area contributed by atoms with Crippen molar-refractivity contribution in [3.63, 3.8) is 0 Å². The Morgan fingerprint density at radius 2 is 2.23 bits per heavy atom. The Kier molecular flexibility index (Phi) is 4.52. The van der Waals surface area contributed by atoms with E-state index >= 15 is 0 Å². The van der Waals surface area contributed by atoms with Crippen molar-refractivity contribution >= 4 is 17.7 Å². The molecular formula is C18H22N4O3S. The minimum Gasteiger partial charge on any atom is -0.488 e. The minimum absolute atomic E-state index is 0.0686. The summed E-state index contributed by atoms with van der Waals surface area (Å²) in [4.78, 5) is 26.3. The predicted molar refractivity (Wildman–Crippen MR) is 99.3 cm³/mol.